The van der Waals surface area contributed by atoms with E-state index in [0.717, 1.165) is 6.07 Å². The lowest BCUT2D eigenvalue weighted by Gasteiger charge is -2.06. The molecule has 2 N–H and O–H groups in total. The third kappa shape index (κ3) is 3.85. The third-order valence-electron chi connectivity index (χ3n) is 1.81. The summed E-state index contributed by atoms with van der Waals surface area (Å²) in [6, 6.07) is 4.13. The van der Waals surface area contributed by atoms with Gasteiger partial charge in [-0.2, -0.15) is 0 Å². The standard InChI is InChI=1S/C10H12ClFN2O/c1-13-5-4-10(15)14-9-3-2-7(11)6-8(9)12/h2-3,6,13H,4-5H2,1H3,(H,14,15). The summed E-state index contributed by atoms with van der Waals surface area (Å²) in [7, 11) is 1.75. The maximum atomic E-state index is 13.2. The van der Waals surface area contributed by atoms with Crippen LogP contribution in [0.3, 0.4) is 0 Å². The van der Waals surface area contributed by atoms with Gasteiger partial charge < -0.3 is 10.6 Å². The molecule has 0 saturated carbocycles. The van der Waals surface area contributed by atoms with Gasteiger partial charge in [0, 0.05) is 18.0 Å². The van der Waals surface area contributed by atoms with Gasteiger partial charge in [0.25, 0.3) is 0 Å². The van der Waals surface area contributed by atoms with Crippen LogP contribution in [0.5, 0.6) is 0 Å². The Bertz CT molecular complexity index is 357. The number of benzene rings is 1. The van der Waals surface area contributed by atoms with E-state index in [2.05, 4.69) is 10.6 Å². The SMILES string of the molecule is CNCCC(=O)Nc1ccc(Cl)cc1F. The van der Waals surface area contributed by atoms with Crippen LogP contribution >= 0.6 is 11.6 Å². The van der Waals surface area contributed by atoms with Crippen LogP contribution in [-0.2, 0) is 4.79 Å². The van der Waals surface area contributed by atoms with Crippen LogP contribution in [0.15, 0.2) is 18.2 Å². The highest BCUT2D eigenvalue weighted by atomic mass is 35.5. The second-order valence-corrected chi connectivity index (χ2v) is 3.46. The van der Waals surface area contributed by atoms with Crippen LogP contribution < -0.4 is 10.6 Å². The molecule has 0 saturated heterocycles. The summed E-state index contributed by atoms with van der Waals surface area (Å²) >= 11 is 5.57. The van der Waals surface area contributed by atoms with Crippen molar-refractivity contribution in [3.05, 3.63) is 29.0 Å². The van der Waals surface area contributed by atoms with Gasteiger partial charge in [0.1, 0.15) is 5.82 Å². The molecule has 0 atom stereocenters. The van der Waals surface area contributed by atoms with Crippen molar-refractivity contribution in [2.75, 3.05) is 18.9 Å². The maximum absolute atomic E-state index is 13.2. The van der Waals surface area contributed by atoms with Crippen LogP contribution in [0.1, 0.15) is 6.42 Å². The van der Waals surface area contributed by atoms with Gasteiger partial charge in [0.15, 0.2) is 0 Å². The minimum atomic E-state index is -0.527. The van der Waals surface area contributed by atoms with Crippen LogP contribution in [0.25, 0.3) is 0 Å². The summed E-state index contributed by atoms with van der Waals surface area (Å²) in [4.78, 5) is 11.3. The summed E-state index contributed by atoms with van der Waals surface area (Å²) < 4.78 is 13.2. The zero-order chi connectivity index (χ0) is 11.3. The van der Waals surface area contributed by atoms with Gasteiger partial charge >= 0.3 is 0 Å². The molecule has 5 heteroatoms. The topological polar surface area (TPSA) is 41.1 Å². The highest BCUT2D eigenvalue weighted by molar-refractivity contribution is 6.30. The Morgan fingerprint density at radius 1 is 1.53 bits per heavy atom. The number of rotatable bonds is 4. The molecule has 0 aliphatic carbocycles. The fraction of sp³-hybridized carbons (Fsp3) is 0.300. The lowest BCUT2D eigenvalue weighted by atomic mass is 10.3. The number of amides is 1. The zero-order valence-electron chi connectivity index (χ0n) is 8.31. The Hall–Kier alpha value is -1.13. The van der Waals surface area contributed by atoms with E-state index in [1.165, 1.54) is 12.1 Å². The van der Waals surface area contributed by atoms with Crippen LogP contribution in [0.2, 0.25) is 5.02 Å². The second kappa shape index (κ2) is 5.68. The molecular weight excluding hydrogens is 219 g/mol. The molecule has 15 heavy (non-hydrogen) atoms. The molecule has 0 heterocycles. The van der Waals surface area contributed by atoms with E-state index in [0.29, 0.717) is 18.0 Å². The number of hydrogen-bond donors (Lipinski definition) is 2. The molecule has 0 aliphatic heterocycles. The number of hydrogen-bond acceptors (Lipinski definition) is 2. The van der Waals surface area contributed by atoms with E-state index in [-0.39, 0.29) is 11.6 Å². The first-order valence-corrected chi connectivity index (χ1v) is 4.91. The van der Waals surface area contributed by atoms with Crippen molar-refractivity contribution in [1.82, 2.24) is 5.32 Å². The van der Waals surface area contributed by atoms with Crippen molar-refractivity contribution >= 4 is 23.2 Å². The van der Waals surface area contributed by atoms with Crippen molar-refractivity contribution in [2.45, 2.75) is 6.42 Å². The fourth-order valence-electron chi connectivity index (χ4n) is 1.04. The zero-order valence-corrected chi connectivity index (χ0v) is 9.07. The first-order valence-electron chi connectivity index (χ1n) is 4.53. The Kier molecular flexibility index (Phi) is 4.52. The molecule has 0 fully saturated rings. The molecule has 1 aromatic carbocycles. The van der Waals surface area contributed by atoms with Gasteiger partial charge in [0.2, 0.25) is 5.91 Å². The molecule has 0 unspecified atom stereocenters. The van der Waals surface area contributed by atoms with Crippen LogP contribution in [0.4, 0.5) is 10.1 Å². The minimum Gasteiger partial charge on any atom is -0.324 e. The average Bonchev–Trinajstić information content (AvgIpc) is 2.19. The van der Waals surface area contributed by atoms with E-state index in [4.69, 9.17) is 11.6 Å². The van der Waals surface area contributed by atoms with Gasteiger partial charge in [-0.15, -0.1) is 0 Å². The normalized spacial score (nSPS) is 10.1. The van der Waals surface area contributed by atoms with E-state index in [1.54, 1.807) is 7.05 Å². The average molecular weight is 231 g/mol. The summed E-state index contributed by atoms with van der Waals surface area (Å²) in [6.45, 7) is 0.557. The molecule has 1 amide bonds. The van der Waals surface area contributed by atoms with Crippen LogP contribution in [0, 0.1) is 5.82 Å². The summed E-state index contributed by atoms with van der Waals surface area (Å²) in [5, 5.41) is 5.60. The Labute approximate surface area is 92.6 Å². The lowest BCUT2D eigenvalue weighted by molar-refractivity contribution is -0.116. The lowest BCUT2D eigenvalue weighted by Crippen LogP contribution is -2.19. The number of anilines is 1. The number of carbonyl (C=O) groups is 1. The maximum Gasteiger partial charge on any atom is 0.225 e. The minimum absolute atomic E-state index is 0.153. The number of halogens is 2. The largest absolute Gasteiger partial charge is 0.324 e. The van der Waals surface area contributed by atoms with Crippen molar-refractivity contribution in [2.24, 2.45) is 0 Å². The molecule has 3 nitrogen and oxygen atoms in total. The van der Waals surface area contributed by atoms with Crippen molar-refractivity contribution in [3.8, 4) is 0 Å². The quantitative estimate of drug-likeness (QED) is 0.831. The van der Waals surface area contributed by atoms with E-state index >= 15 is 0 Å². The molecule has 0 bridgehead atoms. The van der Waals surface area contributed by atoms with Gasteiger partial charge in [0.05, 0.1) is 5.69 Å². The molecule has 1 rings (SSSR count). The van der Waals surface area contributed by atoms with Crippen molar-refractivity contribution in [3.63, 3.8) is 0 Å². The molecule has 0 aliphatic rings. The molecule has 0 aromatic heterocycles. The summed E-state index contributed by atoms with van der Waals surface area (Å²) in [5.41, 5.74) is 0.153. The number of carbonyl (C=O) groups excluding carboxylic acids is 1. The molecule has 0 radical (unpaired) electrons. The van der Waals surface area contributed by atoms with Crippen LogP contribution in [-0.4, -0.2) is 19.5 Å². The van der Waals surface area contributed by atoms with E-state index < -0.39 is 5.82 Å². The second-order valence-electron chi connectivity index (χ2n) is 3.03. The van der Waals surface area contributed by atoms with Gasteiger partial charge in [-0.1, -0.05) is 11.6 Å². The van der Waals surface area contributed by atoms with E-state index in [1.807, 2.05) is 0 Å². The Morgan fingerprint density at radius 2 is 2.27 bits per heavy atom. The van der Waals surface area contributed by atoms with Gasteiger partial charge in [-0.3, -0.25) is 4.79 Å². The predicted molar refractivity (Wildman–Crippen MR) is 58.6 cm³/mol. The highest BCUT2D eigenvalue weighted by Gasteiger charge is 2.06. The van der Waals surface area contributed by atoms with Gasteiger partial charge in [-0.05, 0) is 25.2 Å². The highest BCUT2D eigenvalue weighted by Crippen LogP contribution is 2.18. The third-order valence-corrected chi connectivity index (χ3v) is 2.04. The molecule has 82 valence electrons. The number of nitrogens with one attached hydrogen (secondary N) is 2. The fourth-order valence-corrected chi connectivity index (χ4v) is 1.20. The van der Waals surface area contributed by atoms with E-state index in [9.17, 15) is 9.18 Å². The summed E-state index contributed by atoms with van der Waals surface area (Å²) in [5.74, 6) is -0.758. The first-order chi connectivity index (χ1) is 7.13. The molecule has 0 spiro atoms. The van der Waals surface area contributed by atoms with Crippen molar-refractivity contribution in [1.29, 1.82) is 0 Å². The summed E-state index contributed by atoms with van der Waals surface area (Å²) in [6.07, 6.45) is 0.304. The predicted octanol–water partition coefficient (Wildman–Crippen LogP) is 2.03. The van der Waals surface area contributed by atoms with Crippen molar-refractivity contribution < 1.29 is 9.18 Å². The monoisotopic (exact) mass is 230 g/mol. The molecular formula is C10H12ClFN2O. The first kappa shape index (κ1) is 11.9. The Balaban J connectivity index is 2.60. The smallest absolute Gasteiger partial charge is 0.225 e. The Morgan fingerprint density at radius 3 is 2.87 bits per heavy atom. The molecule has 1 aromatic rings. The van der Waals surface area contributed by atoms with Gasteiger partial charge in [-0.25, -0.2) is 4.39 Å².